The molecule has 0 aromatic heterocycles. The van der Waals surface area contributed by atoms with Crippen molar-refractivity contribution < 1.29 is 9.53 Å². The summed E-state index contributed by atoms with van der Waals surface area (Å²) in [5, 5.41) is 3.23. The third-order valence-corrected chi connectivity index (χ3v) is 3.53. The number of aryl methyl sites for hydroxylation is 1. The summed E-state index contributed by atoms with van der Waals surface area (Å²) in [7, 11) is 0. The second-order valence-corrected chi connectivity index (χ2v) is 5.49. The highest BCUT2D eigenvalue weighted by atomic mass is 79.9. The van der Waals surface area contributed by atoms with Crippen LogP contribution in [0, 0.1) is 6.92 Å². The highest BCUT2D eigenvalue weighted by molar-refractivity contribution is 9.10. The van der Waals surface area contributed by atoms with Gasteiger partial charge in [0.25, 0.3) is 0 Å². The van der Waals surface area contributed by atoms with Gasteiger partial charge in [0.1, 0.15) is 0 Å². The number of ether oxygens (including phenoxy) is 1. The summed E-state index contributed by atoms with van der Waals surface area (Å²) in [5.74, 6) is -0.387. The minimum atomic E-state index is -0.387. The number of benzene rings is 2. The third-order valence-electron chi connectivity index (χ3n) is 3.04. The fourth-order valence-electron chi connectivity index (χ4n) is 1.99. The Balaban J connectivity index is 2.41. The lowest BCUT2D eigenvalue weighted by atomic mass is 10.1. The van der Waals surface area contributed by atoms with E-state index in [-0.39, 0.29) is 5.97 Å². The molecule has 0 aliphatic rings. The van der Waals surface area contributed by atoms with Crippen molar-refractivity contribution in [3.8, 4) is 0 Å². The molecule has 0 unspecified atom stereocenters. The number of hydrogen-bond acceptors (Lipinski definition) is 4. The average Bonchev–Trinajstić information content (AvgIpc) is 2.43. The number of anilines is 3. The quantitative estimate of drug-likeness (QED) is 0.639. The summed E-state index contributed by atoms with van der Waals surface area (Å²) in [4.78, 5) is 12.0. The molecule has 5 heteroatoms. The first kappa shape index (κ1) is 15.4. The van der Waals surface area contributed by atoms with E-state index in [1.807, 2.05) is 25.1 Å². The van der Waals surface area contributed by atoms with Crippen LogP contribution in [-0.2, 0) is 4.74 Å². The molecule has 0 bridgehead atoms. The van der Waals surface area contributed by atoms with Crippen LogP contribution < -0.4 is 11.1 Å². The number of halogens is 1. The van der Waals surface area contributed by atoms with E-state index in [1.165, 1.54) is 0 Å². The molecule has 0 aliphatic heterocycles. The molecule has 0 saturated carbocycles. The third kappa shape index (κ3) is 3.55. The molecule has 0 atom stereocenters. The lowest BCUT2D eigenvalue weighted by Crippen LogP contribution is -2.10. The summed E-state index contributed by atoms with van der Waals surface area (Å²) in [6.07, 6.45) is 0. The molecule has 2 rings (SSSR count). The van der Waals surface area contributed by atoms with Gasteiger partial charge in [0.05, 0.1) is 23.5 Å². The molecule has 0 aliphatic carbocycles. The van der Waals surface area contributed by atoms with E-state index in [2.05, 4.69) is 21.2 Å². The van der Waals surface area contributed by atoms with E-state index in [9.17, 15) is 4.79 Å². The minimum Gasteiger partial charge on any atom is -0.462 e. The number of carbonyl (C=O) groups excluding carboxylic acids is 1. The largest absolute Gasteiger partial charge is 0.462 e. The first-order valence-corrected chi connectivity index (χ1v) is 7.41. The second kappa shape index (κ2) is 6.63. The highest BCUT2D eigenvalue weighted by Crippen LogP contribution is 2.30. The van der Waals surface area contributed by atoms with Gasteiger partial charge in [-0.1, -0.05) is 22.0 Å². The predicted octanol–water partition coefficient (Wildman–Crippen LogP) is 4.26. The van der Waals surface area contributed by atoms with Crippen molar-refractivity contribution in [3.05, 3.63) is 52.0 Å². The number of nitrogens with two attached hydrogens (primary N) is 1. The lowest BCUT2D eigenvalue weighted by molar-refractivity contribution is 0.0527. The first-order valence-electron chi connectivity index (χ1n) is 6.61. The van der Waals surface area contributed by atoms with Gasteiger partial charge in [0.2, 0.25) is 0 Å². The van der Waals surface area contributed by atoms with E-state index >= 15 is 0 Å². The predicted molar refractivity (Wildman–Crippen MR) is 89.0 cm³/mol. The van der Waals surface area contributed by atoms with Gasteiger partial charge < -0.3 is 15.8 Å². The molecule has 0 saturated heterocycles. The Bertz CT molecular complexity index is 671. The SMILES string of the molecule is CCOC(=O)c1cccc(N)c1Nc1ccc(Br)cc1C. The first-order chi connectivity index (χ1) is 10.0. The molecular formula is C16H17BrN2O2. The van der Waals surface area contributed by atoms with Crippen molar-refractivity contribution in [1.29, 1.82) is 0 Å². The molecule has 4 nitrogen and oxygen atoms in total. The number of nitrogens with one attached hydrogen (secondary N) is 1. The van der Waals surface area contributed by atoms with E-state index < -0.39 is 0 Å². The van der Waals surface area contributed by atoms with Crippen molar-refractivity contribution in [3.63, 3.8) is 0 Å². The normalized spacial score (nSPS) is 10.2. The summed E-state index contributed by atoms with van der Waals surface area (Å²) in [5.41, 5.74) is 9.44. The van der Waals surface area contributed by atoms with Crippen molar-refractivity contribution in [2.75, 3.05) is 17.7 Å². The molecule has 0 fully saturated rings. The van der Waals surface area contributed by atoms with Crippen LogP contribution in [0.5, 0.6) is 0 Å². The van der Waals surface area contributed by atoms with Gasteiger partial charge in [-0.05, 0) is 49.7 Å². The Hall–Kier alpha value is -2.01. The molecule has 0 spiro atoms. The van der Waals surface area contributed by atoms with Crippen molar-refractivity contribution >= 4 is 39.0 Å². The van der Waals surface area contributed by atoms with Gasteiger partial charge in [-0.25, -0.2) is 4.79 Å². The fraction of sp³-hybridized carbons (Fsp3) is 0.188. The van der Waals surface area contributed by atoms with Crippen LogP contribution >= 0.6 is 15.9 Å². The van der Waals surface area contributed by atoms with Gasteiger partial charge in [-0.3, -0.25) is 0 Å². The maximum Gasteiger partial charge on any atom is 0.340 e. The maximum absolute atomic E-state index is 12.0. The Morgan fingerprint density at radius 2 is 2.10 bits per heavy atom. The number of esters is 1. The van der Waals surface area contributed by atoms with Crippen LogP contribution in [0.2, 0.25) is 0 Å². The summed E-state index contributed by atoms with van der Waals surface area (Å²) < 4.78 is 6.07. The molecule has 0 radical (unpaired) electrons. The van der Waals surface area contributed by atoms with Gasteiger partial charge in [0, 0.05) is 10.2 Å². The van der Waals surface area contributed by atoms with E-state index in [0.29, 0.717) is 23.5 Å². The van der Waals surface area contributed by atoms with Crippen molar-refractivity contribution in [2.24, 2.45) is 0 Å². The smallest absolute Gasteiger partial charge is 0.340 e. The van der Waals surface area contributed by atoms with E-state index in [0.717, 1.165) is 15.7 Å². The van der Waals surface area contributed by atoms with Crippen LogP contribution in [0.25, 0.3) is 0 Å². The average molecular weight is 349 g/mol. The zero-order valence-electron chi connectivity index (χ0n) is 11.9. The molecular weight excluding hydrogens is 332 g/mol. The van der Waals surface area contributed by atoms with Crippen LogP contribution in [0.3, 0.4) is 0 Å². The summed E-state index contributed by atoms with van der Waals surface area (Å²) in [6.45, 7) is 4.08. The van der Waals surface area contributed by atoms with Crippen LogP contribution in [-0.4, -0.2) is 12.6 Å². The van der Waals surface area contributed by atoms with E-state index in [1.54, 1.807) is 25.1 Å². The number of para-hydroxylation sites is 1. The Kier molecular flexibility index (Phi) is 4.85. The maximum atomic E-state index is 12.0. The lowest BCUT2D eigenvalue weighted by Gasteiger charge is -2.15. The number of hydrogen-bond donors (Lipinski definition) is 2. The topological polar surface area (TPSA) is 64.3 Å². The number of rotatable bonds is 4. The fourth-order valence-corrected chi connectivity index (χ4v) is 2.47. The molecule has 3 N–H and O–H groups in total. The number of nitrogen functional groups attached to an aromatic ring is 1. The zero-order chi connectivity index (χ0) is 15.4. The second-order valence-electron chi connectivity index (χ2n) is 4.57. The molecule has 0 amide bonds. The van der Waals surface area contributed by atoms with Crippen LogP contribution in [0.1, 0.15) is 22.8 Å². The van der Waals surface area contributed by atoms with Crippen molar-refractivity contribution in [1.82, 2.24) is 0 Å². The molecule has 0 heterocycles. The Labute approximate surface area is 132 Å². The summed E-state index contributed by atoms with van der Waals surface area (Å²) in [6, 6.07) is 11.0. The van der Waals surface area contributed by atoms with E-state index in [4.69, 9.17) is 10.5 Å². The van der Waals surface area contributed by atoms with Crippen LogP contribution in [0.4, 0.5) is 17.1 Å². The standard InChI is InChI=1S/C16H17BrN2O2/c1-3-21-16(20)12-5-4-6-13(18)15(12)19-14-8-7-11(17)9-10(14)2/h4-9,19H,3,18H2,1-2H3. The van der Waals surface area contributed by atoms with Crippen LogP contribution in [0.15, 0.2) is 40.9 Å². The molecule has 2 aromatic carbocycles. The highest BCUT2D eigenvalue weighted by Gasteiger charge is 2.15. The number of carbonyl (C=O) groups is 1. The van der Waals surface area contributed by atoms with Crippen molar-refractivity contribution in [2.45, 2.75) is 13.8 Å². The minimum absolute atomic E-state index is 0.324. The Morgan fingerprint density at radius 1 is 1.33 bits per heavy atom. The Morgan fingerprint density at radius 3 is 2.76 bits per heavy atom. The van der Waals surface area contributed by atoms with Gasteiger partial charge in [0.15, 0.2) is 0 Å². The molecule has 110 valence electrons. The molecule has 2 aromatic rings. The summed E-state index contributed by atoms with van der Waals surface area (Å²) >= 11 is 3.43. The molecule has 21 heavy (non-hydrogen) atoms. The van der Waals surface area contributed by atoms with Gasteiger partial charge in [-0.2, -0.15) is 0 Å². The van der Waals surface area contributed by atoms with Gasteiger partial charge >= 0.3 is 5.97 Å². The van der Waals surface area contributed by atoms with Gasteiger partial charge in [-0.15, -0.1) is 0 Å². The monoisotopic (exact) mass is 348 g/mol. The zero-order valence-corrected chi connectivity index (χ0v) is 13.5.